The van der Waals surface area contributed by atoms with E-state index in [2.05, 4.69) is 9.97 Å². The maximum absolute atomic E-state index is 11.9. The number of likely N-dealkylation sites (N-methyl/N-ethyl adjacent to an activating group) is 2. The average molecular weight is 273 g/mol. The van der Waals surface area contributed by atoms with Crippen molar-refractivity contribution in [1.82, 2.24) is 14.9 Å². The quantitative estimate of drug-likeness (QED) is 0.858. The van der Waals surface area contributed by atoms with Crippen molar-refractivity contribution in [3.63, 3.8) is 0 Å². The van der Waals surface area contributed by atoms with Crippen molar-refractivity contribution in [2.24, 2.45) is 0 Å². The zero-order valence-electron chi connectivity index (χ0n) is 10.7. The fraction of sp³-hybridized carbons (Fsp3) is 0.545. The van der Waals surface area contributed by atoms with Gasteiger partial charge in [0.05, 0.1) is 12.9 Å². The number of amides is 1. The lowest BCUT2D eigenvalue weighted by Crippen LogP contribution is -2.39. The summed E-state index contributed by atoms with van der Waals surface area (Å²) < 4.78 is 0. The summed E-state index contributed by atoms with van der Waals surface area (Å²) in [6, 6.07) is 0. The van der Waals surface area contributed by atoms with Gasteiger partial charge in [0, 0.05) is 20.1 Å². The number of halogens is 1. The minimum absolute atomic E-state index is 0.00709. The van der Waals surface area contributed by atoms with Crippen LogP contribution in [0.3, 0.4) is 0 Å². The molecule has 0 saturated heterocycles. The van der Waals surface area contributed by atoms with E-state index in [1.165, 1.54) is 6.33 Å². The van der Waals surface area contributed by atoms with Gasteiger partial charge >= 0.3 is 0 Å². The molecule has 100 valence electrons. The molecule has 18 heavy (non-hydrogen) atoms. The smallest absolute Gasteiger partial charge is 0.271 e. The lowest BCUT2D eigenvalue weighted by Gasteiger charge is -2.23. The highest BCUT2D eigenvalue weighted by Crippen LogP contribution is 2.16. The summed E-state index contributed by atoms with van der Waals surface area (Å²) >= 11 is 5.85. The van der Waals surface area contributed by atoms with Gasteiger partial charge in [-0.1, -0.05) is 11.6 Å². The molecule has 1 aromatic heterocycles. The van der Waals surface area contributed by atoms with Gasteiger partial charge in [-0.3, -0.25) is 9.59 Å². The summed E-state index contributed by atoms with van der Waals surface area (Å²) in [6.45, 7) is 5.27. The zero-order valence-corrected chi connectivity index (χ0v) is 11.5. The van der Waals surface area contributed by atoms with Crippen LogP contribution in [0.1, 0.15) is 13.8 Å². The number of aromatic amines is 1. The molecule has 0 radical (unpaired) electrons. The molecule has 0 atom stereocenters. The first-order valence-electron chi connectivity index (χ1n) is 5.73. The fourth-order valence-electron chi connectivity index (χ4n) is 1.59. The van der Waals surface area contributed by atoms with Crippen molar-refractivity contribution >= 4 is 23.3 Å². The van der Waals surface area contributed by atoms with E-state index in [-0.39, 0.29) is 17.5 Å². The van der Waals surface area contributed by atoms with Crippen molar-refractivity contribution in [3.8, 4) is 0 Å². The molecule has 0 bridgehead atoms. The van der Waals surface area contributed by atoms with Crippen LogP contribution < -0.4 is 10.5 Å². The van der Waals surface area contributed by atoms with Gasteiger partial charge in [-0.15, -0.1) is 0 Å². The van der Waals surface area contributed by atoms with Crippen LogP contribution in [0.4, 0.5) is 5.82 Å². The number of aromatic nitrogens is 2. The fourth-order valence-corrected chi connectivity index (χ4v) is 1.84. The molecule has 0 unspecified atom stereocenters. The summed E-state index contributed by atoms with van der Waals surface area (Å²) in [5, 5.41) is -0.00709. The van der Waals surface area contributed by atoms with Crippen LogP contribution in [0.15, 0.2) is 11.1 Å². The number of carbonyl (C=O) groups is 1. The van der Waals surface area contributed by atoms with Gasteiger partial charge in [0.15, 0.2) is 5.82 Å². The van der Waals surface area contributed by atoms with E-state index >= 15 is 0 Å². The molecule has 7 heteroatoms. The predicted octanol–water partition coefficient (Wildman–Crippen LogP) is 0.728. The molecule has 0 aliphatic heterocycles. The third kappa shape index (κ3) is 3.22. The van der Waals surface area contributed by atoms with Gasteiger partial charge in [-0.25, -0.2) is 4.98 Å². The third-order valence-electron chi connectivity index (χ3n) is 2.63. The van der Waals surface area contributed by atoms with Crippen LogP contribution in [-0.2, 0) is 4.79 Å². The number of carbonyl (C=O) groups excluding carboxylic acids is 1. The summed E-state index contributed by atoms with van der Waals surface area (Å²) in [5.41, 5.74) is -0.413. The Balaban J connectivity index is 2.82. The highest BCUT2D eigenvalue weighted by Gasteiger charge is 2.16. The van der Waals surface area contributed by atoms with E-state index in [4.69, 9.17) is 11.6 Å². The van der Waals surface area contributed by atoms with E-state index in [0.717, 1.165) is 0 Å². The molecule has 0 aliphatic carbocycles. The molecule has 6 nitrogen and oxygen atoms in total. The summed E-state index contributed by atoms with van der Waals surface area (Å²) in [7, 11) is 1.68. The minimum atomic E-state index is -0.413. The van der Waals surface area contributed by atoms with Gasteiger partial charge in [0.25, 0.3) is 5.56 Å². The first-order valence-corrected chi connectivity index (χ1v) is 6.11. The maximum atomic E-state index is 11.9. The topological polar surface area (TPSA) is 69.3 Å². The maximum Gasteiger partial charge on any atom is 0.271 e. The van der Waals surface area contributed by atoms with Crippen molar-refractivity contribution in [1.29, 1.82) is 0 Å². The Bertz CT molecular complexity index is 470. The second-order valence-corrected chi connectivity index (χ2v) is 4.17. The van der Waals surface area contributed by atoms with Gasteiger partial charge < -0.3 is 14.8 Å². The van der Waals surface area contributed by atoms with Gasteiger partial charge in [-0.2, -0.15) is 0 Å². The molecule has 1 aromatic rings. The van der Waals surface area contributed by atoms with E-state index in [1.807, 2.05) is 13.8 Å². The van der Waals surface area contributed by atoms with Crippen molar-refractivity contribution in [3.05, 3.63) is 21.7 Å². The highest BCUT2D eigenvalue weighted by molar-refractivity contribution is 6.32. The molecule has 0 aromatic carbocycles. The Morgan fingerprint density at radius 2 is 2.06 bits per heavy atom. The first-order chi connectivity index (χ1) is 8.51. The number of hydrogen-bond acceptors (Lipinski definition) is 4. The van der Waals surface area contributed by atoms with Gasteiger partial charge in [-0.05, 0) is 13.8 Å². The molecule has 1 heterocycles. The molecular weight excluding hydrogens is 256 g/mol. The second-order valence-electron chi connectivity index (χ2n) is 3.79. The Morgan fingerprint density at radius 1 is 1.44 bits per heavy atom. The monoisotopic (exact) mass is 272 g/mol. The Morgan fingerprint density at radius 3 is 2.61 bits per heavy atom. The van der Waals surface area contributed by atoms with E-state index in [0.29, 0.717) is 18.9 Å². The molecule has 0 aliphatic rings. The molecular formula is C11H17ClN4O2. The number of rotatable bonds is 5. The number of hydrogen-bond donors (Lipinski definition) is 1. The first kappa shape index (κ1) is 14.5. The number of nitrogens with zero attached hydrogens (tertiary/aromatic N) is 3. The minimum Gasteiger partial charge on any atom is -0.349 e. The highest BCUT2D eigenvalue weighted by atomic mass is 35.5. The summed E-state index contributed by atoms with van der Waals surface area (Å²) in [5.74, 6) is 0.279. The van der Waals surface area contributed by atoms with Crippen LogP contribution in [0.25, 0.3) is 0 Å². The van der Waals surface area contributed by atoms with Gasteiger partial charge in [0.1, 0.15) is 5.02 Å². The Kier molecular flexibility index (Phi) is 5.15. The largest absolute Gasteiger partial charge is 0.349 e. The van der Waals surface area contributed by atoms with Crippen LogP contribution >= 0.6 is 11.6 Å². The van der Waals surface area contributed by atoms with Crippen LogP contribution in [-0.4, -0.2) is 47.5 Å². The Hall–Kier alpha value is -1.56. The molecule has 1 rings (SSSR count). The van der Waals surface area contributed by atoms with Crippen molar-refractivity contribution in [2.75, 3.05) is 31.6 Å². The van der Waals surface area contributed by atoms with E-state index in [1.54, 1.807) is 16.8 Å². The molecule has 0 spiro atoms. The average Bonchev–Trinajstić information content (AvgIpc) is 2.34. The number of anilines is 1. The standard InChI is InChI=1S/C11H17ClN4O2/c1-4-16(5-2)8(17)6-15(3)10-9(12)11(18)14-7-13-10/h7H,4-6H2,1-3H3,(H,13,14,18). The molecule has 0 fully saturated rings. The van der Waals surface area contributed by atoms with Crippen LogP contribution in [0.2, 0.25) is 5.02 Å². The zero-order chi connectivity index (χ0) is 13.7. The van der Waals surface area contributed by atoms with Crippen molar-refractivity contribution < 1.29 is 4.79 Å². The van der Waals surface area contributed by atoms with Gasteiger partial charge in [0.2, 0.25) is 5.91 Å². The van der Waals surface area contributed by atoms with Crippen LogP contribution in [0, 0.1) is 0 Å². The normalized spacial score (nSPS) is 10.2. The van der Waals surface area contributed by atoms with E-state index in [9.17, 15) is 9.59 Å². The molecule has 0 saturated carbocycles. The third-order valence-corrected chi connectivity index (χ3v) is 2.97. The lowest BCUT2D eigenvalue weighted by molar-refractivity contribution is -0.129. The summed E-state index contributed by atoms with van der Waals surface area (Å²) in [6.07, 6.45) is 1.27. The van der Waals surface area contributed by atoms with Crippen LogP contribution in [0.5, 0.6) is 0 Å². The second kappa shape index (κ2) is 6.39. The number of nitrogens with one attached hydrogen (secondary N) is 1. The summed E-state index contributed by atoms with van der Waals surface area (Å²) in [4.78, 5) is 32.9. The number of H-pyrrole nitrogens is 1. The SMILES string of the molecule is CCN(CC)C(=O)CN(C)c1nc[nH]c(=O)c1Cl. The lowest BCUT2D eigenvalue weighted by atomic mass is 10.4. The molecule has 1 amide bonds. The predicted molar refractivity (Wildman–Crippen MR) is 71.1 cm³/mol. The van der Waals surface area contributed by atoms with E-state index < -0.39 is 5.56 Å². The molecule has 1 N–H and O–H groups in total. The van der Waals surface area contributed by atoms with Crippen molar-refractivity contribution in [2.45, 2.75) is 13.8 Å². The Labute approximate surface area is 111 Å².